The number of piperidine rings is 2. The number of likely N-dealkylation sites (tertiary alicyclic amines) is 1. The smallest absolute Gasteiger partial charge is 0.256 e. The lowest BCUT2D eigenvalue weighted by molar-refractivity contribution is -0.150. The average molecular weight is 654 g/mol. The Bertz CT molecular complexity index is 1270. The van der Waals surface area contributed by atoms with E-state index in [0.29, 0.717) is 34.7 Å². The van der Waals surface area contributed by atoms with Gasteiger partial charge in [0.25, 0.3) is 5.91 Å². The lowest BCUT2D eigenvalue weighted by Gasteiger charge is -2.52. The molecule has 2 saturated heterocycles. The van der Waals surface area contributed by atoms with E-state index in [1.165, 1.54) is 18.2 Å². The summed E-state index contributed by atoms with van der Waals surface area (Å²) in [6.07, 6.45) is 6.46. The van der Waals surface area contributed by atoms with Crippen LogP contribution < -0.4 is 5.32 Å². The molecule has 1 N–H and O–H groups in total. The zero-order chi connectivity index (χ0) is 31.1. The van der Waals surface area contributed by atoms with Crippen LogP contribution in [-0.4, -0.2) is 84.4 Å². The Morgan fingerprint density at radius 2 is 1.77 bits per heavy atom. The van der Waals surface area contributed by atoms with Gasteiger partial charge in [0.15, 0.2) is 0 Å². The summed E-state index contributed by atoms with van der Waals surface area (Å²) in [4.78, 5) is 33.5. The molecule has 0 bridgehead atoms. The molecule has 2 unspecified atom stereocenters. The monoisotopic (exact) mass is 652 g/mol. The fraction of sp³-hybridized carbons (Fsp3) is 0.576. The Morgan fingerprint density at radius 1 is 1.05 bits per heavy atom. The van der Waals surface area contributed by atoms with Crippen molar-refractivity contribution in [3.63, 3.8) is 0 Å². The average Bonchev–Trinajstić information content (AvgIpc) is 3.02. The molecule has 0 spiro atoms. The summed E-state index contributed by atoms with van der Waals surface area (Å²) in [7, 11) is 1.69. The van der Waals surface area contributed by atoms with Gasteiger partial charge in [0, 0.05) is 43.7 Å². The number of likely N-dealkylation sites (N-methyl/N-ethyl adjacent to an activating group) is 2. The number of carbonyl (C=O) groups excluding carboxylic acids is 2. The Labute approximate surface area is 270 Å². The van der Waals surface area contributed by atoms with E-state index in [4.69, 9.17) is 34.8 Å². The van der Waals surface area contributed by atoms with Crippen molar-refractivity contribution in [2.24, 2.45) is 0 Å². The van der Waals surface area contributed by atoms with Crippen LogP contribution >= 0.6 is 34.8 Å². The fourth-order valence-electron chi connectivity index (χ4n) is 6.94. The van der Waals surface area contributed by atoms with Crippen molar-refractivity contribution in [3.05, 3.63) is 68.4 Å². The van der Waals surface area contributed by atoms with Crippen molar-refractivity contribution in [3.8, 4) is 0 Å². The minimum atomic E-state index is -0.602. The van der Waals surface area contributed by atoms with Crippen molar-refractivity contribution < 1.29 is 14.0 Å². The van der Waals surface area contributed by atoms with E-state index in [2.05, 4.69) is 24.1 Å². The fourth-order valence-corrected chi connectivity index (χ4v) is 7.42. The van der Waals surface area contributed by atoms with Gasteiger partial charge in [-0.05, 0) is 108 Å². The number of carbonyl (C=O) groups is 2. The highest BCUT2D eigenvalue weighted by Gasteiger charge is 2.49. The van der Waals surface area contributed by atoms with Gasteiger partial charge in [-0.25, -0.2) is 4.39 Å². The second-order valence-electron chi connectivity index (χ2n) is 11.9. The molecule has 0 aliphatic carbocycles. The highest BCUT2D eigenvalue weighted by Crippen LogP contribution is 2.38. The van der Waals surface area contributed by atoms with Gasteiger partial charge in [-0.15, -0.1) is 0 Å². The predicted octanol–water partition coefficient (Wildman–Crippen LogP) is 7.27. The van der Waals surface area contributed by atoms with E-state index in [1.807, 2.05) is 17.0 Å². The summed E-state index contributed by atoms with van der Waals surface area (Å²) in [5.74, 6) is -0.851. The van der Waals surface area contributed by atoms with Gasteiger partial charge in [0.1, 0.15) is 11.4 Å². The maximum Gasteiger partial charge on any atom is 0.256 e. The minimum Gasteiger partial charge on any atom is -0.342 e. The Balaban J connectivity index is 1.59. The highest BCUT2D eigenvalue weighted by molar-refractivity contribution is 6.42. The molecule has 2 aliphatic heterocycles. The van der Waals surface area contributed by atoms with Gasteiger partial charge < -0.3 is 15.1 Å². The number of nitrogens with zero attached hydrogens (tertiary/aromatic N) is 3. The van der Waals surface area contributed by atoms with Gasteiger partial charge in [-0.2, -0.15) is 0 Å². The van der Waals surface area contributed by atoms with Crippen LogP contribution in [0.4, 0.5) is 4.39 Å². The van der Waals surface area contributed by atoms with Crippen molar-refractivity contribution in [1.82, 2.24) is 20.0 Å². The predicted molar refractivity (Wildman–Crippen MR) is 174 cm³/mol. The Kier molecular flexibility index (Phi) is 12.2. The van der Waals surface area contributed by atoms with Gasteiger partial charge in [0.05, 0.1) is 15.6 Å². The van der Waals surface area contributed by atoms with Crippen LogP contribution in [0.15, 0.2) is 36.4 Å². The van der Waals surface area contributed by atoms with E-state index >= 15 is 0 Å². The van der Waals surface area contributed by atoms with Crippen LogP contribution in [-0.2, 0) is 4.79 Å². The summed E-state index contributed by atoms with van der Waals surface area (Å²) in [6, 6.07) is 9.86. The van der Waals surface area contributed by atoms with Crippen LogP contribution in [0.5, 0.6) is 0 Å². The maximum atomic E-state index is 14.6. The third-order valence-corrected chi connectivity index (χ3v) is 10.3. The Morgan fingerprint density at radius 3 is 2.44 bits per heavy atom. The molecule has 2 aromatic rings. The van der Waals surface area contributed by atoms with Gasteiger partial charge >= 0.3 is 0 Å². The van der Waals surface area contributed by atoms with Crippen LogP contribution in [0.25, 0.3) is 0 Å². The second-order valence-corrected chi connectivity index (χ2v) is 13.1. The van der Waals surface area contributed by atoms with Crippen LogP contribution in [0.1, 0.15) is 80.6 Å². The van der Waals surface area contributed by atoms with Crippen molar-refractivity contribution in [2.75, 3.05) is 46.3 Å². The standard InChI is InChI=1S/C33H44Cl3FN4O2/c1-4-40(5-2)32(43)33(15-17-38-18-16-33)41-19-7-6-8-26(41)12-9-24(23-10-13-28(35)29(36)20-23)22-39(3)31(42)27-21-25(34)11-14-30(27)37/h10-11,13-14,20-21,24,26,38H,4-9,12,15-19,22H2,1-3H3. The molecule has 2 atom stereocenters. The summed E-state index contributed by atoms with van der Waals surface area (Å²) in [5.41, 5.74) is 0.418. The first-order valence-corrected chi connectivity index (χ1v) is 16.7. The minimum absolute atomic E-state index is 0.0518. The zero-order valence-corrected chi connectivity index (χ0v) is 27.7. The third-order valence-electron chi connectivity index (χ3n) is 9.32. The molecule has 10 heteroatoms. The normalized spacial score (nSPS) is 19.6. The molecule has 2 amide bonds. The number of amides is 2. The van der Waals surface area contributed by atoms with Crippen LogP contribution in [0.2, 0.25) is 15.1 Å². The molecule has 0 aromatic heterocycles. The summed E-state index contributed by atoms with van der Waals surface area (Å²) in [5, 5.41) is 4.70. The number of halogens is 4. The van der Waals surface area contributed by atoms with Gasteiger partial charge in [-0.1, -0.05) is 47.3 Å². The first kappa shape index (κ1) is 34.0. The number of hydrogen-bond acceptors (Lipinski definition) is 4. The SMILES string of the molecule is CCN(CC)C(=O)C1(N2CCCCC2CCC(CN(C)C(=O)c2cc(Cl)ccc2F)c2ccc(Cl)c(Cl)c2)CCNCC1. The lowest BCUT2D eigenvalue weighted by atomic mass is 9.80. The van der Waals surface area contributed by atoms with Crippen LogP contribution in [0, 0.1) is 5.82 Å². The van der Waals surface area contributed by atoms with E-state index < -0.39 is 17.3 Å². The van der Waals surface area contributed by atoms with E-state index in [1.54, 1.807) is 18.0 Å². The van der Waals surface area contributed by atoms with Crippen LogP contribution in [0.3, 0.4) is 0 Å². The van der Waals surface area contributed by atoms with E-state index in [-0.39, 0.29) is 23.4 Å². The number of hydrogen-bond donors (Lipinski definition) is 1. The van der Waals surface area contributed by atoms with Gasteiger partial charge in [-0.3, -0.25) is 14.5 Å². The number of rotatable bonds is 11. The molecule has 4 rings (SSSR count). The molecule has 2 aromatic carbocycles. The van der Waals surface area contributed by atoms with Crippen molar-refractivity contribution >= 4 is 46.6 Å². The van der Waals surface area contributed by atoms with Crippen molar-refractivity contribution in [1.29, 1.82) is 0 Å². The van der Waals surface area contributed by atoms with Gasteiger partial charge in [0.2, 0.25) is 5.91 Å². The molecule has 6 nitrogen and oxygen atoms in total. The first-order chi connectivity index (χ1) is 20.6. The third kappa shape index (κ3) is 7.85. The molecule has 2 heterocycles. The topological polar surface area (TPSA) is 55.9 Å². The summed E-state index contributed by atoms with van der Waals surface area (Å²) >= 11 is 18.8. The second kappa shape index (κ2) is 15.4. The largest absolute Gasteiger partial charge is 0.342 e. The molecule has 2 aliphatic rings. The molecule has 0 saturated carbocycles. The molecular formula is C33H44Cl3FN4O2. The lowest BCUT2D eigenvalue weighted by Crippen LogP contribution is -2.66. The number of benzene rings is 2. The molecular weight excluding hydrogens is 610 g/mol. The van der Waals surface area contributed by atoms with E-state index in [9.17, 15) is 14.0 Å². The van der Waals surface area contributed by atoms with Crippen molar-refractivity contribution in [2.45, 2.75) is 76.3 Å². The summed E-state index contributed by atoms with van der Waals surface area (Å²) in [6.45, 7) is 8.44. The quantitative estimate of drug-likeness (QED) is 0.277. The number of nitrogens with one attached hydrogen (secondary N) is 1. The molecule has 236 valence electrons. The highest BCUT2D eigenvalue weighted by atomic mass is 35.5. The van der Waals surface area contributed by atoms with E-state index in [0.717, 1.165) is 70.1 Å². The zero-order valence-electron chi connectivity index (χ0n) is 25.5. The first-order valence-electron chi connectivity index (χ1n) is 15.5. The maximum absolute atomic E-state index is 14.6. The molecule has 43 heavy (non-hydrogen) atoms. The molecule has 0 radical (unpaired) electrons. The summed E-state index contributed by atoms with van der Waals surface area (Å²) < 4.78 is 14.6. The Hall–Kier alpha value is -1.90. The molecule has 2 fully saturated rings.